The van der Waals surface area contributed by atoms with E-state index in [0.717, 1.165) is 10.9 Å². The minimum atomic E-state index is -1.69. The summed E-state index contributed by atoms with van der Waals surface area (Å²) in [5.74, 6) is -6.76. The summed E-state index contributed by atoms with van der Waals surface area (Å²) in [6.45, 7) is 0. The summed E-state index contributed by atoms with van der Waals surface area (Å²) in [6.07, 6.45) is -0.0296. The van der Waals surface area contributed by atoms with Gasteiger partial charge in [0.1, 0.15) is 18.1 Å². The number of nitrogens with one attached hydrogen (secondary N) is 4. The second kappa shape index (κ2) is 15.1. The molecule has 43 heavy (non-hydrogen) atoms. The van der Waals surface area contributed by atoms with Gasteiger partial charge in [0.25, 0.3) is 0 Å². The van der Waals surface area contributed by atoms with E-state index in [2.05, 4.69) is 20.9 Å². The Morgan fingerprint density at radius 3 is 1.98 bits per heavy atom. The first-order valence-corrected chi connectivity index (χ1v) is 13.4. The zero-order valence-electron chi connectivity index (χ0n) is 23.0. The van der Waals surface area contributed by atoms with Gasteiger partial charge in [-0.3, -0.25) is 24.0 Å². The van der Waals surface area contributed by atoms with E-state index >= 15 is 0 Å². The first kappa shape index (κ1) is 32.3. The van der Waals surface area contributed by atoms with E-state index in [4.69, 9.17) is 10.8 Å². The highest BCUT2D eigenvalue weighted by atomic mass is 16.4. The second-order valence-corrected chi connectivity index (χ2v) is 9.91. The predicted octanol–water partition coefficient (Wildman–Crippen LogP) is 0.159. The molecule has 1 heterocycles. The number of rotatable bonds is 16. The summed E-state index contributed by atoms with van der Waals surface area (Å²) < 4.78 is 0. The number of amides is 3. The number of aliphatic carboxylic acids is 3. The molecule has 1 aromatic heterocycles. The fraction of sp³-hybridized carbons (Fsp3) is 0.310. The van der Waals surface area contributed by atoms with Gasteiger partial charge in [0, 0.05) is 36.4 Å². The summed E-state index contributed by atoms with van der Waals surface area (Å²) in [7, 11) is 0. The standard InChI is InChI=1S/C29H33N5O9/c30-19(10-11-24(35)36)26(39)32-21(12-16-6-2-1-3-7-16)27(40)33-22(14-25(37)38)28(41)34-23(29(42)43)13-17-15-31-20-9-5-4-8-18(17)20/h1-9,15,19,21-23,31H,10-14,30H2,(H,32,39)(H,33,40)(H,34,41)(H,35,36)(H,37,38)(H,42,43). The number of carbonyl (C=O) groups is 6. The number of H-pyrrole nitrogens is 1. The molecule has 0 aliphatic heterocycles. The fourth-order valence-electron chi connectivity index (χ4n) is 4.40. The molecule has 14 heteroatoms. The third kappa shape index (κ3) is 9.67. The molecule has 2 aromatic carbocycles. The maximum absolute atomic E-state index is 13.3. The minimum absolute atomic E-state index is 0.0657. The highest BCUT2D eigenvalue weighted by Gasteiger charge is 2.32. The molecule has 4 atom stereocenters. The van der Waals surface area contributed by atoms with Crippen molar-refractivity contribution in [3.05, 3.63) is 71.9 Å². The van der Waals surface area contributed by atoms with E-state index in [9.17, 15) is 39.0 Å². The molecule has 3 rings (SSSR count). The van der Waals surface area contributed by atoms with Crippen molar-refractivity contribution in [1.82, 2.24) is 20.9 Å². The number of carboxylic acid groups (broad SMARTS) is 3. The summed E-state index contributed by atoms with van der Waals surface area (Å²) in [4.78, 5) is 76.7. The zero-order chi connectivity index (χ0) is 31.5. The Morgan fingerprint density at radius 1 is 0.721 bits per heavy atom. The van der Waals surface area contributed by atoms with Crippen LogP contribution in [0.4, 0.5) is 0 Å². The largest absolute Gasteiger partial charge is 0.481 e. The first-order valence-electron chi connectivity index (χ1n) is 13.4. The van der Waals surface area contributed by atoms with Crippen molar-refractivity contribution in [2.24, 2.45) is 5.73 Å². The quantitative estimate of drug-likeness (QED) is 0.111. The maximum Gasteiger partial charge on any atom is 0.326 e. The molecular formula is C29H33N5O9. The van der Waals surface area contributed by atoms with Crippen LogP contribution in [0.2, 0.25) is 0 Å². The van der Waals surface area contributed by atoms with Crippen molar-refractivity contribution in [3.8, 4) is 0 Å². The van der Waals surface area contributed by atoms with E-state index in [-0.39, 0.29) is 25.7 Å². The molecule has 0 spiro atoms. The van der Waals surface area contributed by atoms with Gasteiger partial charge in [-0.1, -0.05) is 48.5 Å². The van der Waals surface area contributed by atoms with Gasteiger partial charge in [0.2, 0.25) is 17.7 Å². The average molecular weight is 596 g/mol. The van der Waals surface area contributed by atoms with Gasteiger partial charge in [-0.05, 0) is 23.6 Å². The van der Waals surface area contributed by atoms with Crippen molar-refractivity contribution < 1.29 is 44.1 Å². The van der Waals surface area contributed by atoms with Gasteiger partial charge < -0.3 is 42.0 Å². The smallest absolute Gasteiger partial charge is 0.326 e. The summed E-state index contributed by atoms with van der Waals surface area (Å²) in [5, 5.41) is 35.9. The lowest BCUT2D eigenvalue weighted by atomic mass is 10.0. The molecule has 0 aliphatic carbocycles. The highest BCUT2D eigenvalue weighted by Crippen LogP contribution is 2.19. The molecule has 0 bridgehead atoms. The van der Waals surface area contributed by atoms with E-state index in [0.29, 0.717) is 11.1 Å². The third-order valence-electron chi connectivity index (χ3n) is 6.65. The monoisotopic (exact) mass is 595 g/mol. The van der Waals surface area contributed by atoms with Gasteiger partial charge in [0.15, 0.2) is 0 Å². The van der Waals surface area contributed by atoms with Gasteiger partial charge in [-0.15, -0.1) is 0 Å². The Bertz CT molecular complexity index is 1470. The number of hydrogen-bond donors (Lipinski definition) is 8. The highest BCUT2D eigenvalue weighted by molar-refractivity contribution is 5.96. The Labute approximate surface area is 245 Å². The van der Waals surface area contributed by atoms with Crippen LogP contribution < -0.4 is 21.7 Å². The number of carbonyl (C=O) groups excluding carboxylic acids is 3. The zero-order valence-corrected chi connectivity index (χ0v) is 23.0. The van der Waals surface area contributed by atoms with E-state index in [1.165, 1.54) is 0 Å². The SMILES string of the molecule is NC(CCC(=O)O)C(=O)NC(Cc1ccccc1)C(=O)NC(CC(=O)O)C(=O)NC(Cc1c[nH]c2ccccc12)C(=O)O. The third-order valence-corrected chi connectivity index (χ3v) is 6.65. The lowest BCUT2D eigenvalue weighted by molar-refractivity contribution is -0.143. The minimum Gasteiger partial charge on any atom is -0.481 e. The van der Waals surface area contributed by atoms with Crippen molar-refractivity contribution in [2.75, 3.05) is 0 Å². The van der Waals surface area contributed by atoms with Crippen molar-refractivity contribution in [3.63, 3.8) is 0 Å². The summed E-state index contributed by atoms with van der Waals surface area (Å²) in [6, 6.07) is 9.94. The fourth-order valence-corrected chi connectivity index (χ4v) is 4.40. The predicted molar refractivity (Wildman–Crippen MR) is 153 cm³/mol. The van der Waals surface area contributed by atoms with Crippen LogP contribution in [0.5, 0.6) is 0 Å². The molecule has 228 valence electrons. The van der Waals surface area contributed by atoms with Crippen LogP contribution in [0.1, 0.15) is 30.4 Å². The number of nitrogens with two attached hydrogens (primary N) is 1. The molecule has 0 saturated carbocycles. The Balaban J connectivity index is 1.77. The van der Waals surface area contributed by atoms with Gasteiger partial charge in [-0.25, -0.2) is 4.79 Å². The second-order valence-electron chi connectivity index (χ2n) is 9.91. The van der Waals surface area contributed by atoms with Crippen LogP contribution in [0.3, 0.4) is 0 Å². The normalized spacial score (nSPS) is 13.7. The molecule has 14 nitrogen and oxygen atoms in total. The summed E-state index contributed by atoms with van der Waals surface area (Å²) >= 11 is 0. The lowest BCUT2D eigenvalue weighted by Crippen LogP contribution is -2.58. The van der Waals surface area contributed by atoms with E-state index in [1.807, 2.05) is 0 Å². The molecule has 9 N–H and O–H groups in total. The van der Waals surface area contributed by atoms with Crippen molar-refractivity contribution >= 4 is 46.5 Å². The summed E-state index contributed by atoms with van der Waals surface area (Å²) in [5.41, 5.74) is 7.77. The number of aromatic amines is 1. The average Bonchev–Trinajstić information content (AvgIpc) is 3.37. The Kier molecular flexibility index (Phi) is 11.3. The topological polar surface area (TPSA) is 241 Å². The van der Waals surface area contributed by atoms with Crippen molar-refractivity contribution in [2.45, 2.75) is 56.3 Å². The van der Waals surface area contributed by atoms with E-state index < -0.39 is 66.2 Å². The van der Waals surface area contributed by atoms with Crippen LogP contribution in [0.25, 0.3) is 10.9 Å². The number of carboxylic acids is 3. The Hall–Kier alpha value is -5.24. The lowest BCUT2D eigenvalue weighted by Gasteiger charge is -2.24. The Morgan fingerprint density at radius 2 is 1.33 bits per heavy atom. The number of hydrogen-bond acceptors (Lipinski definition) is 7. The molecule has 4 unspecified atom stereocenters. The molecule has 0 aliphatic rings. The number of benzene rings is 2. The van der Waals surface area contributed by atoms with Crippen LogP contribution in [0, 0.1) is 0 Å². The molecule has 0 radical (unpaired) electrons. The molecule has 3 aromatic rings. The van der Waals surface area contributed by atoms with Crippen LogP contribution in [0.15, 0.2) is 60.8 Å². The van der Waals surface area contributed by atoms with Gasteiger partial charge >= 0.3 is 17.9 Å². The number of para-hydroxylation sites is 1. The number of fused-ring (bicyclic) bond motifs is 1. The van der Waals surface area contributed by atoms with Crippen molar-refractivity contribution in [1.29, 1.82) is 0 Å². The molecular weight excluding hydrogens is 562 g/mol. The number of aromatic nitrogens is 1. The maximum atomic E-state index is 13.3. The van der Waals surface area contributed by atoms with Crippen LogP contribution in [-0.4, -0.2) is 80.1 Å². The van der Waals surface area contributed by atoms with E-state index in [1.54, 1.807) is 60.8 Å². The van der Waals surface area contributed by atoms with Crippen LogP contribution >= 0.6 is 0 Å². The van der Waals surface area contributed by atoms with Gasteiger partial charge in [0.05, 0.1) is 12.5 Å². The first-order chi connectivity index (χ1) is 20.4. The molecule has 3 amide bonds. The van der Waals surface area contributed by atoms with Crippen LogP contribution in [-0.2, 0) is 41.6 Å². The molecule has 0 fully saturated rings. The van der Waals surface area contributed by atoms with Gasteiger partial charge in [-0.2, -0.15) is 0 Å². The molecule has 0 saturated heterocycles.